The second kappa shape index (κ2) is 7.18. The Morgan fingerprint density at radius 3 is 2.71 bits per heavy atom. The average Bonchev–Trinajstić information content (AvgIpc) is 3.25. The molecule has 0 radical (unpaired) electrons. The number of carbonyl (C=O) groups excluding carboxylic acids is 1. The number of oxazole rings is 1. The van der Waals surface area contributed by atoms with Gasteiger partial charge in [0.05, 0.1) is 0 Å². The molecule has 1 N–H and O–H groups in total. The van der Waals surface area contributed by atoms with E-state index < -0.39 is 6.04 Å². The van der Waals surface area contributed by atoms with Gasteiger partial charge in [-0.05, 0) is 53.2 Å². The van der Waals surface area contributed by atoms with Crippen molar-refractivity contribution in [3.8, 4) is 0 Å². The van der Waals surface area contributed by atoms with Crippen molar-refractivity contribution < 1.29 is 13.6 Å². The van der Waals surface area contributed by atoms with E-state index in [1.54, 1.807) is 44.2 Å². The van der Waals surface area contributed by atoms with E-state index in [4.69, 9.17) is 4.42 Å². The number of amides is 1. The first-order valence-electron chi connectivity index (χ1n) is 8.66. The number of halogens is 1. The Kier molecular flexibility index (Phi) is 4.56. The third-order valence-electron chi connectivity index (χ3n) is 4.36. The zero-order chi connectivity index (χ0) is 19.7. The van der Waals surface area contributed by atoms with Gasteiger partial charge in [0.1, 0.15) is 23.2 Å². The number of fused-ring (bicyclic) bond motifs is 1. The molecule has 0 bridgehead atoms. The number of aromatic nitrogens is 5. The highest BCUT2D eigenvalue weighted by atomic mass is 19.1. The van der Waals surface area contributed by atoms with E-state index in [1.165, 1.54) is 16.8 Å². The van der Waals surface area contributed by atoms with Gasteiger partial charge in [-0.1, -0.05) is 12.1 Å². The molecule has 2 aromatic heterocycles. The van der Waals surface area contributed by atoms with Gasteiger partial charge in [0.15, 0.2) is 11.5 Å². The van der Waals surface area contributed by atoms with E-state index in [1.807, 2.05) is 0 Å². The van der Waals surface area contributed by atoms with Crippen molar-refractivity contribution >= 4 is 22.7 Å². The highest BCUT2D eigenvalue weighted by Gasteiger charge is 2.24. The molecule has 142 valence electrons. The van der Waals surface area contributed by atoms with Crippen LogP contribution in [0.2, 0.25) is 0 Å². The number of nitrogens with one attached hydrogen (secondary N) is 1. The molecule has 1 unspecified atom stereocenters. The summed E-state index contributed by atoms with van der Waals surface area (Å²) in [7, 11) is 0. The minimum atomic E-state index is -0.699. The lowest BCUT2D eigenvalue weighted by Gasteiger charge is -2.17. The monoisotopic (exact) mass is 380 g/mol. The molecule has 0 spiro atoms. The minimum Gasteiger partial charge on any atom is -0.441 e. The summed E-state index contributed by atoms with van der Waals surface area (Å²) in [6.07, 6.45) is 0.309. The SMILES string of the molecule is Cc1nc2cc(NC(=O)C(Cc3ccc(F)cc3)n3nnnc3C)ccc2o1. The van der Waals surface area contributed by atoms with Crippen molar-refractivity contribution in [3.63, 3.8) is 0 Å². The number of anilines is 1. The van der Waals surface area contributed by atoms with Crippen LogP contribution in [0.4, 0.5) is 10.1 Å². The van der Waals surface area contributed by atoms with Gasteiger partial charge in [-0.2, -0.15) is 0 Å². The van der Waals surface area contributed by atoms with E-state index in [-0.39, 0.29) is 11.7 Å². The molecule has 2 heterocycles. The maximum atomic E-state index is 13.2. The summed E-state index contributed by atoms with van der Waals surface area (Å²) in [5, 5.41) is 14.3. The van der Waals surface area contributed by atoms with Crippen LogP contribution in [0, 0.1) is 19.7 Å². The summed E-state index contributed by atoms with van der Waals surface area (Å²) in [5.41, 5.74) is 2.68. The van der Waals surface area contributed by atoms with Gasteiger partial charge in [0.2, 0.25) is 5.91 Å². The maximum absolute atomic E-state index is 13.2. The zero-order valence-corrected chi connectivity index (χ0v) is 15.3. The largest absolute Gasteiger partial charge is 0.441 e. The molecule has 2 aromatic carbocycles. The minimum absolute atomic E-state index is 0.292. The molecule has 0 saturated heterocycles. The van der Waals surface area contributed by atoms with Crippen molar-refractivity contribution in [2.24, 2.45) is 0 Å². The Morgan fingerprint density at radius 2 is 2.00 bits per heavy atom. The van der Waals surface area contributed by atoms with E-state index in [2.05, 4.69) is 25.8 Å². The summed E-state index contributed by atoms with van der Waals surface area (Å²) in [6, 6.07) is 10.5. The summed E-state index contributed by atoms with van der Waals surface area (Å²) in [5.74, 6) is 0.431. The van der Waals surface area contributed by atoms with Crippen LogP contribution in [0.25, 0.3) is 11.1 Å². The van der Waals surface area contributed by atoms with Crippen molar-refractivity contribution in [1.29, 1.82) is 0 Å². The lowest BCUT2D eigenvalue weighted by atomic mass is 10.0. The maximum Gasteiger partial charge on any atom is 0.249 e. The second-order valence-electron chi connectivity index (χ2n) is 6.42. The molecule has 4 aromatic rings. The molecule has 0 aliphatic heterocycles. The van der Waals surface area contributed by atoms with Crippen LogP contribution < -0.4 is 5.32 Å². The Bertz CT molecular complexity index is 1140. The van der Waals surface area contributed by atoms with Crippen LogP contribution in [-0.2, 0) is 11.2 Å². The quantitative estimate of drug-likeness (QED) is 0.571. The standard InChI is InChI=1S/C19H17FN6O2/c1-11-23-24-25-26(11)17(9-13-3-5-14(20)6-4-13)19(27)22-15-7-8-18-16(10-15)21-12(2)28-18/h3-8,10,17H,9H2,1-2H3,(H,22,27). The summed E-state index contributed by atoms with van der Waals surface area (Å²) < 4.78 is 20.1. The van der Waals surface area contributed by atoms with Crippen molar-refractivity contribution in [2.75, 3.05) is 5.32 Å². The van der Waals surface area contributed by atoms with Crippen molar-refractivity contribution in [1.82, 2.24) is 25.2 Å². The Labute approximate surface area is 159 Å². The molecular formula is C19H17FN6O2. The first-order valence-corrected chi connectivity index (χ1v) is 8.66. The molecule has 8 nitrogen and oxygen atoms in total. The van der Waals surface area contributed by atoms with Crippen LogP contribution in [0.15, 0.2) is 46.9 Å². The number of nitrogens with zero attached hydrogens (tertiary/aromatic N) is 5. The molecule has 0 saturated carbocycles. The fourth-order valence-electron chi connectivity index (χ4n) is 3.01. The Hall–Kier alpha value is -3.62. The summed E-state index contributed by atoms with van der Waals surface area (Å²) >= 11 is 0. The highest BCUT2D eigenvalue weighted by molar-refractivity contribution is 5.95. The number of carbonyl (C=O) groups is 1. The molecule has 1 atom stereocenters. The van der Waals surface area contributed by atoms with Crippen LogP contribution >= 0.6 is 0 Å². The first-order chi connectivity index (χ1) is 13.5. The van der Waals surface area contributed by atoms with Gasteiger partial charge in [-0.15, -0.1) is 5.10 Å². The van der Waals surface area contributed by atoms with E-state index in [9.17, 15) is 9.18 Å². The lowest BCUT2D eigenvalue weighted by molar-refractivity contribution is -0.119. The van der Waals surface area contributed by atoms with Crippen molar-refractivity contribution in [3.05, 3.63) is 65.6 Å². The molecule has 1 amide bonds. The lowest BCUT2D eigenvalue weighted by Crippen LogP contribution is -2.29. The fraction of sp³-hybridized carbons (Fsp3) is 0.211. The Balaban J connectivity index is 1.61. The van der Waals surface area contributed by atoms with Gasteiger partial charge >= 0.3 is 0 Å². The van der Waals surface area contributed by atoms with Crippen LogP contribution in [0.5, 0.6) is 0 Å². The third-order valence-corrected chi connectivity index (χ3v) is 4.36. The topological polar surface area (TPSA) is 98.7 Å². The zero-order valence-electron chi connectivity index (χ0n) is 15.3. The van der Waals surface area contributed by atoms with Gasteiger partial charge in [-0.25, -0.2) is 14.1 Å². The van der Waals surface area contributed by atoms with Crippen LogP contribution in [0.1, 0.15) is 23.3 Å². The van der Waals surface area contributed by atoms with E-state index in [0.29, 0.717) is 34.9 Å². The Morgan fingerprint density at radius 1 is 1.21 bits per heavy atom. The van der Waals surface area contributed by atoms with Crippen molar-refractivity contribution in [2.45, 2.75) is 26.3 Å². The molecule has 28 heavy (non-hydrogen) atoms. The number of hydrogen-bond acceptors (Lipinski definition) is 6. The van der Waals surface area contributed by atoms with E-state index >= 15 is 0 Å². The number of rotatable bonds is 5. The smallest absolute Gasteiger partial charge is 0.249 e. The highest BCUT2D eigenvalue weighted by Crippen LogP contribution is 2.22. The molecule has 0 fully saturated rings. The number of hydrogen-bond donors (Lipinski definition) is 1. The van der Waals surface area contributed by atoms with Gasteiger partial charge in [-0.3, -0.25) is 4.79 Å². The van der Waals surface area contributed by atoms with Gasteiger partial charge < -0.3 is 9.73 Å². The molecule has 0 aliphatic rings. The molecular weight excluding hydrogens is 363 g/mol. The second-order valence-corrected chi connectivity index (χ2v) is 6.42. The number of tetrazole rings is 1. The third kappa shape index (κ3) is 3.59. The number of aryl methyl sites for hydroxylation is 2. The van der Waals surface area contributed by atoms with E-state index in [0.717, 1.165) is 5.56 Å². The fourth-order valence-corrected chi connectivity index (χ4v) is 3.01. The predicted molar refractivity (Wildman–Crippen MR) is 99.1 cm³/mol. The predicted octanol–water partition coefficient (Wildman–Crippen LogP) is 2.99. The normalized spacial score (nSPS) is 12.2. The van der Waals surface area contributed by atoms with Crippen LogP contribution in [-0.4, -0.2) is 31.1 Å². The summed E-state index contributed by atoms with van der Waals surface area (Å²) in [6.45, 7) is 3.48. The number of benzene rings is 2. The summed E-state index contributed by atoms with van der Waals surface area (Å²) in [4.78, 5) is 17.3. The molecule has 9 heteroatoms. The molecule has 0 aliphatic carbocycles. The average molecular weight is 380 g/mol. The van der Waals surface area contributed by atoms with Gasteiger partial charge in [0.25, 0.3) is 0 Å². The van der Waals surface area contributed by atoms with Crippen LogP contribution in [0.3, 0.4) is 0 Å². The molecule has 4 rings (SSSR count). The van der Waals surface area contributed by atoms with Gasteiger partial charge in [0, 0.05) is 19.0 Å². The first kappa shape index (κ1) is 17.8.